The van der Waals surface area contributed by atoms with Gasteiger partial charge in [0.1, 0.15) is 17.3 Å². The molecule has 114 valence electrons. The van der Waals surface area contributed by atoms with Gasteiger partial charge in [-0.1, -0.05) is 18.2 Å². The fraction of sp³-hybridized carbons (Fsp3) is 0.125. The van der Waals surface area contributed by atoms with Crippen LogP contribution in [0.1, 0.15) is 5.56 Å². The van der Waals surface area contributed by atoms with E-state index in [1.165, 1.54) is 12.1 Å². The number of nitrogens with one attached hydrogen (secondary N) is 1. The Morgan fingerprint density at radius 1 is 1.23 bits per heavy atom. The van der Waals surface area contributed by atoms with E-state index in [0.29, 0.717) is 11.4 Å². The van der Waals surface area contributed by atoms with E-state index in [1.54, 1.807) is 43.5 Å². The van der Waals surface area contributed by atoms with Crippen molar-refractivity contribution < 1.29 is 19.0 Å². The third kappa shape index (κ3) is 4.05. The molecule has 2 aromatic rings. The van der Waals surface area contributed by atoms with Crippen molar-refractivity contribution in [2.45, 2.75) is 6.42 Å². The van der Waals surface area contributed by atoms with Crippen molar-refractivity contribution in [3.63, 3.8) is 0 Å². The number of methoxy groups -OCH3 is 1. The van der Waals surface area contributed by atoms with Crippen LogP contribution in [0.25, 0.3) is 0 Å². The fourth-order valence-corrected chi connectivity index (χ4v) is 1.78. The van der Waals surface area contributed by atoms with Gasteiger partial charge >= 0.3 is 5.97 Å². The molecule has 0 amide bonds. The lowest BCUT2D eigenvalue weighted by atomic mass is 10.1. The number of carboxylic acids is 1. The highest BCUT2D eigenvalue weighted by Crippen LogP contribution is 2.15. The summed E-state index contributed by atoms with van der Waals surface area (Å²) in [5.41, 5.74) is 3.35. The molecule has 0 aromatic heterocycles. The van der Waals surface area contributed by atoms with E-state index in [-0.39, 0.29) is 17.7 Å². The molecule has 0 aliphatic carbocycles. The molecule has 6 heteroatoms. The molecule has 0 unspecified atom stereocenters. The van der Waals surface area contributed by atoms with Crippen LogP contribution in [0.2, 0.25) is 0 Å². The van der Waals surface area contributed by atoms with Gasteiger partial charge in [-0.05, 0) is 35.9 Å². The van der Waals surface area contributed by atoms with Gasteiger partial charge in [0.25, 0.3) is 0 Å². The summed E-state index contributed by atoms with van der Waals surface area (Å²) in [6.07, 6.45) is -0.106. The second-order valence-electron chi connectivity index (χ2n) is 4.47. The monoisotopic (exact) mass is 302 g/mol. The van der Waals surface area contributed by atoms with Crippen LogP contribution >= 0.6 is 0 Å². The second kappa shape index (κ2) is 7.21. The quantitative estimate of drug-likeness (QED) is 0.636. The third-order valence-electron chi connectivity index (χ3n) is 2.97. The molecule has 0 spiro atoms. The van der Waals surface area contributed by atoms with Crippen LogP contribution < -0.4 is 10.2 Å². The maximum absolute atomic E-state index is 13.6. The summed E-state index contributed by atoms with van der Waals surface area (Å²) in [6, 6.07) is 12.8. The number of carbonyl (C=O) groups is 1. The molecule has 0 aliphatic heterocycles. The first-order valence-corrected chi connectivity index (χ1v) is 6.53. The number of hydrogen-bond donors (Lipinski definition) is 2. The standard InChI is InChI=1S/C16H15FN2O3/c1-22-13-8-6-12(7-9-13)18-19-15(16(20)21)10-11-4-2-3-5-14(11)17/h2-9,18H,10H2,1H3,(H,20,21). The minimum atomic E-state index is -1.20. The van der Waals surface area contributed by atoms with Crippen molar-refractivity contribution in [3.8, 4) is 5.75 Å². The van der Waals surface area contributed by atoms with Crippen LogP contribution in [0, 0.1) is 5.82 Å². The Labute approximate surface area is 127 Å². The lowest BCUT2D eigenvalue weighted by molar-refractivity contribution is -0.129. The number of nitrogens with zero attached hydrogens (tertiary/aromatic N) is 1. The summed E-state index contributed by atoms with van der Waals surface area (Å²) < 4.78 is 18.6. The number of rotatable bonds is 6. The second-order valence-corrected chi connectivity index (χ2v) is 4.47. The van der Waals surface area contributed by atoms with Gasteiger partial charge in [-0.15, -0.1) is 0 Å². The van der Waals surface area contributed by atoms with Crippen molar-refractivity contribution in [1.82, 2.24) is 0 Å². The first-order valence-electron chi connectivity index (χ1n) is 6.53. The van der Waals surface area contributed by atoms with Crippen LogP contribution in [0.4, 0.5) is 10.1 Å². The van der Waals surface area contributed by atoms with Gasteiger partial charge in [0.15, 0.2) is 0 Å². The lowest BCUT2D eigenvalue weighted by Gasteiger charge is -2.06. The number of benzene rings is 2. The number of hydrazone groups is 1. The normalized spacial score (nSPS) is 11.1. The number of anilines is 1. The molecule has 0 atom stereocenters. The van der Waals surface area contributed by atoms with Crippen molar-refractivity contribution in [2.24, 2.45) is 5.10 Å². The van der Waals surface area contributed by atoms with E-state index in [0.717, 1.165) is 0 Å². The molecular weight excluding hydrogens is 287 g/mol. The zero-order chi connectivity index (χ0) is 15.9. The Morgan fingerprint density at radius 3 is 2.50 bits per heavy atom. The average Bonchev–Trinajstić information content (AvgIpc) is 2.53. The Balaban J connectivity index is 2.13. The molecule has 2 N–H and O–H groups in total. The molecule has 2 rings (SSSR count). The molecule has 0 saturated carbocycles. The third-order valence-corrected chi connectivity index (χ3v) is 2.97. The van der Waals surface area contributed by atoms with Crippen LogP contribution in [-0.2, 0) is 11.2 Å². The number of aliphatic carboxylic acids is 1. The van der Waals surface area contributed by atoms with Crippen LogP contribution in [0.5, 0.6) is 5.75 Å². The van der Waals surface area contributed by atoms with Crippen molar-refractivity contribution in [3.05, 3.63) is 59.9 Å². The zero-order valence-corrected chi connectivity index (χ0v) is 11.9. The van der Waals surface area contributed by atoms with Crippen molar-refractivity contribution in [1.29, 1.82) is 0 Å². The summed E-state index contributed by atoms with van der Waals surface area (Å²) >= 11 is 0. The summed E-state index contributed by atoms with van der Waals surface area (Å²) in [7, 11) is 1.55. The first-order chi connectivity index (χ1) is 10.6. The number of ether oxygens (including phenoxy) is 1. The highest BCUT2D eigenvalue weighted by Gasteiger charge is 2.13. The lowest BCUT2D eigenvalue weighted by Crippen LogP contribution is -2.18. The van der Waals surface area contributed by atoms with E-state index in [2.05, 4.69) is 10.5 Å². The van der Waals surface area contributed by atoms with Gasteiger partial charge in [-0.2, -0.15) is 5.10 Å². The smallest absolute Gasteiger partial charge is 0.352 e. The van der Waals surface area contributed by atoms with E-state index in [9.17, 15) is 14.3 Å². The summed E-state index contributed by atoms with van der Waals surface area (Å²) in [5.74, 6) is -0.982. The van der Waals surface area contributed by atoms with E-state index in [4.69, 9.17) is 4.74 Å². The van der Waals surface area contributed by atoms with Gasteiger partial charge in [0.2, 0.25) is 0 Å². The van der Waals surface area contributed by atoms with Crippen molar-refractivity contribution in [2.75, 3.05) is 12.5 Å². The first kappa shape index (κ1) is 15.5. The van der Waals surface area contributed by atoms with Gasteiger partial charge in [-0.3, -0.25) is 5.43 Å². The molecule has 5 nitrogen and oxygen atoms in total. The van der Waals surface area contributed by atoms with Crippen LogP contribution in [-0.4, -0.2) is 23.9 Å². The molecule has 0 heterocycles. The summed E-state index contributed by atoms with van der Waals surface area (Å²) in [5, 5.41) is 13.0. The average molecular weight is 302 g/mol. The van der Waals surface area contributed by atoms with Gasteiger partial charge in [0, 0.05) is 6.42 Å². The van der Waals surface area contributed by atoms with Crippen LogP contribution in [0.15, 0.2) is 53.6 Å². The molecule has 0 radical (unpaired) electrons. The Bertz CT molecular complexity index is 684. The fourth-order valence-electron chi connectivity index (χ4n) is 1.78. The maximum atomic E-state index is 13.6. The largest absolute Gasteiger partial charge is 0.497 e. The topological polar surface area (TPSA) is 70.9 Å². The van der Waals surface area contributed by atoms with Gasteiger partial charge in [-0.25, -0.2) is 9.18 Å². The molecular formula is C16H15FN2O3. The molecule has 0 saturated heterocycles. The molecule has 22 heavy (non-hydrogen) atoms. The van der Waals surface area contributed by atoms with E-state index in [1.807, 2.05) is 0 Å². The van der Waals surface area contributed by atoms with Crippen LogP contribution in [0.3, 0.4) is 0 Å². The number of hydrogen-bond acceptors (Lipinski definition) is 4. The maximum Gasteiger partial charge on any atom is 0.352 e. The Morgan fingerprint density at radius 2 is 1.91 bits per heavy atom. The summed E-state index contributed by atoms with van der Waals surface area (Å²) in [4.78, 5) is 11.2. The predicted octanol–water partition coefficient (Wildman–Crippen LogP) is 2.93. The highest BCUT2D eigenvalue weighted by atomic mass is 19.1. The van der Waals surface area contributed by atoms with Gasteiger partial charge < -0.3 is 9.84 Å². The Kier molecular flexibility index (Phi) is 5.08. The number of halogens is 1. The molecule has 2 aromatic carbocycles. The van der Waals surface area contributed by atoms with Crippen molar-refractivity contribution >= 4 is 17.4 Å². The minimum absolute atomic E-state index is 0.106. The molecule has 0 aliphatic rings. The zero-order valence-electron chi connectivity index (χ0n) is 11.9. The minimum Gasteiger partial charge on any atom is -0.497 e. The Hall–Kier alpha value is -2.89. The summed E-state index contributed by atoms with van der Waals surface area (Å²) in [6.45, 7) is 0. The van der Waals surface area contributed by atoms with E-state index >= 15 is 0 Å². The van der Waals surface area contributed by atoms with Gasteiger partial charge in [0.05, 0.1) is 12.8 Å². The molecule has 0 bridgehead atoms. The molecule has 0 fully saturated rings. The predicted molar refractivity (Wildman–Crippen MR) is 81.8 cm³/mol. The van der Waals surface area contributed by atoms with E-state index < -0.39 is 11.8 Å². The number of carboxylic acid groups (broad SMARTS) is 1. The SMILES string of the molecule is COc1ccc(NN=C(Cc2ccccc2F)C(=O)O)cc1. The highest BCUT2D eigenvalue weighted by molar-refractivity contribution is 6.36.